The highest BCUT2D eigenvalue weighted by Gasteiger charge is 2.20. The van der Waals surface area contributed by atoms with E-state index in [1.165, 1.54) is 6.07 Å². The minimum Gasteiger partial charge on any atom is -0.393 e. The fourth-order valence-electron chi connectivity index (χ4n) is 2.00. The van der Waals surface area contributed by atoms with E-state index in [1.54, 1.807) is 36.2 Å². The van der Waals surface area contributed by atoms with Crippen LogP contribution in [0.4, 0.5) is 17.1 Å². The summed E-state index contributed by atoms with van der Waals surface area (Å²) in [7, 11) is 1.79. The largest absolute Gasteiger partial charge is 0.393 e. The zero-order valence-corrected chi connectivity index (χ0v) is 11.7. The molecule has 2 aromatic carbocycles. The van der Waals surface area contributed by atoms with E-state index in [0.717, 1.165) is 5.56 Å². The summed E-state index contributed by atoms with van der Waals surface area (Å²) in [6, 6.07) is 12.3. The molecule has 0 radical (unpaired) electrons. The third-order valence-corrected chi connectivity index (χ3v) is 3.22. The molecule has 0 bridgehead atoms. The molecule has 0 amide bonds. The van der Waals surface area contributed by atoms with Crippen LogP contribution in [0.25, 0.3) is 0 Å². The van der Waals surface area contributed by atoms with Crippen LogP contribution in [0.3, 0.4) is 0 Å². The normalized spacial score (nSPS) is 10.3. The molecule has 0 saturated carbocycles. The lowest BCUT2D eigenvalue weighted by Gasteiger charge is -2.19. The van der Waals surface area contributed by atoms with Gasteiger partial charge >= 0.3 is 5.69 Å². The fourth-order valence-corrected chi connectivity index (χ4v) is 2.13. The van der Waals surface area contributed by atoms with Crippen LogP contribution in [0.2, 0.25) is 5.02 Å². The van der Waals surface area contributed by atoms with Crippen molar-refractivity contribution >= 4 is 28.7 Å². The Bertz CT molecular complexity index is 629. The number of anilines is 2. The second kappa shape index (κ2) is 5.79. The lowest BCUT2D eigenvalue weighted by atomic mass is 10.2. The van der Waals surface area contributed by atoms with Crippen molar-refractivity contribution in [2.24, 2.45) is 0 Å². The van der Waals surface area contributed by atoms with Crippen molar-refractivity contribution in [1.82, 2.24) is 0 Å². The van der Waals surface area contributed by atoms with Crippen LogP contribution in [0.1, 0.15) is 5.56 Å². The Morgan fingerprint density at radius 2 is 1.90 bits per heavy atom. The van der Waals surface area contributed by atoms with Gasteiger partial charge in [0.05, 0.1) is 4.92 Å². The average Bonchev–Trinajstić information content (AvgIpc) is 2.40. The van der Waals surface area contributed by atoms with Crippen molar-refractivity contribution in [3.05, 3.63) is 63.2 Å². The summed E-state index contributed by atoms with van der Waals surface area (Å²) in [5, 5.41) is 11.8. The van der Waals surface area contributed by atoms with Crippen molar-refractivity contribution in [2.75, 3.05) is 17.7 Å². The molecule has 2 aromatic rings. The van der Waals surface area contributed by atoms with E-state index in [4.69, 9.17) is 17.3 Å². The van der Waals surface area contributed by atoms with Crippen molar-refractivity contribution in [3.8, 4) is 0 Å². The van der Waals surface area contributed by atoms with Crippen LogP contribution in [-0.2, 0) is 6.54 Å². The summed E-state index contributed by atoms with van der Waals surface area (Å²) in [6.07, 6.45) is 0. The molecule has 0 spiro atoms. The molecule has 5 nitrogen and oxygen atoms in total. The summed E-state index contributed by atoms with van der Waals surface area (Å²) < 4.78 is 0. The van der Waals surface area contributed by atoms with Gasteiger partial charge in [-0.15, -0.1) is 0 Å². The number of hydrogen-bond donors (Lipinski definition) is 1. The van der Waals surface area contributed by atoms with E-state index in [9.17, 15) is 10.1 Å². The first kappa shape index (κ1) is 14.1. The van der Waals surface area contributed by atoms with E-state index < -0.39 is 4.92 Å². The molecule has 6 heteroatoms. The average molecular weight is 292 g/mol. The Labute approximate surface area is 121 Å². The van der Waals surface area contributed by atoms with Crippen LogP contribution in [0.15, 0.2) is 42.5 Å². The number of nitro groups is 1. The van der Waals surface area contributed by atoms with E-state index >= 15 is 0 Å². The topological polar surface area (TPSA) is 72.4 Å². The van der Waals surface area contributed by atoms with Crippen LogP contribution < -0.4 is 10.6 Å². The first-order valence-corrected chi connectivity index (χ1v) is 6.35. The second-order valence-corrected chi connectivity index (χ2v) is 4.89. The predicted octanol–water partition coefficient (Wildman–Crippen LogP) is 3.47. The molecule has 0 unspecified atom stereocenters. The Kier molecular flexibility index (Phi) is 4.10. The van der Waals surface area contributed by atoms with Gasteiger partial charge in [0.15, 0.2) is 0 Å². The zero-order valence-electron chi connectivity index (χ0n) is 10.9. The van der Waals surface area contributed by atoms with Gasteiger partial charge in [0.2, 0.25) is 0 Å². The molecule has 0 aliphatic heterocycles. The molecular weight excluding hydrogens is 278 g/mol. The molecule has 0 aromatic heterocycles. The second-order valence-electron chi connectivity index (χ2n) is 4.45. The van der Waals surface area contributed by atoms with Gasteiger partial charge in [0, 0.05) is 18.6 Å². The molecule has 0 atom stereocenters. The van der Waals surface area contributed by atoms with Crippen molar-refractivity contribution in [2.45, 2.75) is 6.54 Å². The van der Waals surface area contributed by atoms with E-state index in [2.05, 4.69) is 0 Å². The number of nitro benzene ring substituents is 1. The summed E-state index contributed by atoms with van der Waals surface area (Å²) in [6.45, 7) is 0.529. The number of nitrogens with two attached hydrogens (primary N) is 1. The number of halogens is 1. The Balaban J connectivity index is 2.29. The smallest absolute Gasteiger partial charge is 0.315 e. The van der Waals surface area contributed by atoms with Crippen LogP contribution in [-0.4, -0.2) is 12.0 Å². The monoisotopic (exact) mass is 291 g/mol. The summed E-state index contributed by atoms with van der Waals surface area (Å²) in [5.74, 6) is 0. The molecular formula is C14H14ClN3O2. The Hall–Kier alpha value is -2.27. The van der Waals surface area contributed by atoms with Gasteiger partial charge in [0.25, 0.3) is 0 Å². The summed E-state index contributed by atoms with van der Waals surface area (Å²) in [4.78, 5) is 12.5. The van der Waals surface area contributed by atoms with Gasteiger partial charge < -0.3 is 10.6 Å². The number of rotatable bonds is 4. The first-order chi connectivity index (χ1) is 9.49. The molecule has 2 rings (SSSR count). The SMILES string of the molecule is CN(Cc1ccc(Cl)cc1)c1cccc(N)c1[N+](=O)[O-]. The quantitative estimate of drug-likeness (QED) is 0.532. The third-order valence-electron chi connectivity index (χ3n) is 2.97. The molecule has 2 N–H and O–H groups in total. The van der Waals surface area contributed by atoms with Crippen LogP contribution in [0.5, 0.6) is 0 Å². The van der Waals surface area contributed by atoms with Crippen LogP contribution >= 0.6 is 11.6 Å². The molecule has 20 heavy (non-hydrogen) atoms. The highest BCUT2D eigenvalue weighted by Crippen LogP contribution is 2.33. The third kappa shape index (κ3) is 3.00. The lowest BCUT2D eigenvalue weighted by Crippen LogP contribution is -2.18. The van der Waals surface area contributed by atoms with Gasteiger partial charge in [-0.05, 0) is 29.8 Å². The number of para-hydroxylation sites is 1. The standard InChI is InChI=1S/C14H14ClN3O2/c1-17(9-10-5-7-11(15)8-6-10)13-4-2-3-12(16)14(13)18(19)20/h2-8H,9,16H2,1H3. The molecule has 0 aliphatic carbocycles. The molecule has 0 fully saturated rings. The predicted molar refractivity (Wildman–Crippen MR) is 81.1 cm³/mol. The number of benzene rings is 2. The zero-order chi connectivity index (χ0) is 14.7. The van der Waals surface area contributed by atoms with Gasteiger partial charge in [-0.3, -0.25) is 10.1 Å². The van der Waals surface area contributed by atoms with E-state index in [0.29, 0.717) is 17.3 Å². The summed E-state index contributed by atoms with van der Waals surface area (Å²) >= 11 is 5.83. The maximum absolute atomic E-state index is 11.1. The van der Waals surface area contributed by atoms with Crippen molar-refractivity contribution in [3.63, 3.8) is 0 Å². The van der Waals surface area contributed by atoms with Gasteiger partial charge in [0.1, 0.15) is 11.4 Å². The summed E-state index contributed by atoms with van der Waals surface area (Å²) in [5.41, 5.74) is 7.28. The number of nitrogen functional groups attached to an aromatic ring is 1. The maximum atomic E-state index is 11.1. The van der Waals surface area contributed by atoms with E-state index in [-0.39, 0.29) is 11.4 Å². The lowest BCUT2D eigenvalue weighted by molar-refractivity contribution is -0.383. The van der Waals surface area contributed by atoms with E-state index in [1.807, 2.05) is 12.1 Å². The van der Waals surface area contributed by atoms with Crippen molar-refractivity contribution in [1.29, 1.82) is 0 Å². The highest BCUT2D eigenvalue weighted by atomic mass is 35.5. The van der Waals surface area contributed by atoms with Gasteiger partial charge in [-0.25, -0.2) is 0 Å². The molecule has 0 aliphatic rings. The number of nitrogens with zero attached hydrogens (tertiary/aromatic N) is 2. The Morgan fingerprint density at radius 1 is 1.25 bits per heavy atom. The number of hydrogen-bond acceptors (Lipinski definition) is 4. The molecule has 104 valence electrons. The molecule has 0 saturated heterocycles. The van der Waals surface area contributed by atoms with Gasteiger partial charge in [-0.2, -0.15) is 0 Å². The minimum absolute atomic E-state index is 0.0658. The maximum Gasteiger partial charge on any atom is 0.315 e. The highest BCUT2D eigenvalue weighted by molar-refractivity contribution is 6.30. The molecule has 0 heterocycles. The van der Waals surface area contributed by atoms with Crippen molar-refractivity contribution < 1.29 is 4.92 Å². The minimum atomic E-state index is -0.455. The van der Waals surface area contributed by atoms with Crippen LogP contribution in [0, 0.1) is 10.1 Å². The van der Waals surface area contributed by atoms with Gasteiger partial charge in [-0.1, -0.05) is 29.8 Å². The fraction of sp³-hybridized carbons (Fsp3) is 0.143. The first-order valence-electron chi connectivity index (χ1n) is 5.97. The Morgan fingerprint density at radius 3 is 2.50 bits per heavy atom.